The van der Waals surface area contributed by atoms with E-state index >= 15 is 0 Å². The Morgan fingerprint density at radius 3 is 2.65 bits per heavy atom. The lowest BCUT2D eigenvalue weighted by atomic mass is 10.3. The topological polar surface area (TPSA) is 109 Å². The van der Waals surface area contributed by atoms with Crippen molar-refractivity contribution in [2.24, 2.45) is 0 Å². The fourth-order valence-electron chi connectivity index (χ4n) is 2.45. The molecule has 0 amide bonds. The van der Waals surface area contributed by atoms with E-state index in [2.05, 4.69) is 10.3 Å². The highest BCUT2D eigenvalue weighted by atomic mass is 32.2. The first-order chi connectivity index (χ1) is 10.8. The van der Waals surface area contributed by atoms with Crippen molar-refractivity contribution < 1.29 is 23.1 Å². The van der Waals surface area contributed by atoms with Gasteiger partial charge in [-0.1, -0.05) is 6.07 Å². The molecule has 2 N–H and O–H groups in total. The fourth-order valence-corrected chi connectivity index (χ4v) is 3.94. The van der Waals surface area contributed by atoms with E-state index in [9.17, 15) is 13.2 Å². The minimum Gasteiger partial charge on any atom is -0.477 e. The van der Waals surface area contributed by atoms with Crippen LogP contribution < -0.4 is 5.32 Å². The number of rotatable bonds is 6. The van der Waals surface area contributed by atoms with Crippen molar-refractivity contribution in [3.8, 4) is 0 Å². The Morgan fingerprint density at radius 2 is 2.04 bits per heavy atom. The summed E-state index contributed by atoms with van der Waals surface area (Å²) in [5, 5.41) is 11.7. The van der Waals surface area contributed by atoms with Crippen molar-refractivity contribution in [2.75, 3.05) is 30.7 Å². The lowest BCUT2D eigenvalue weighted by Gasteiger charge is -2.34. The Labute approximate surface area is 135 Å². The summed E-state index contributed by atoms with van der Waals surface area (Å²) in [6.45, 7) is 4.53. The van der Waals surface area contributed by atoms with Crippen LogP contribution in [-0.4, -0.2) is 66.4 Å². The molecule has 8 nitrogen and oxygen atoms in total. The van der Waals surface area contributed by atoms with E-state index < -0.39 is 16.0 Å². The number of nitrogens with one attached hydrogen (secondary N) is 1. The summed E-state index contributed by atoms with van der Waals surface area (Å²) < 4.78 is 31.7. The number of carboxylic acids is 1. The third kappa shape index (κ3) is 4.88. The van der Waals surface area contributed by atoms with Gasteiger partial charge in [0, 0.05) is 19.6 Å². The van der Waals surface area contributed by atoms with Gasteiger partial charge in [-0.2, -0.15) is 4.31 Å². The molecule has 23 heavy (non-hydrogen) atoms. The van der Waals surface area contributed by atoms with Crippen molar-refractivity contribution >= 4 is 21.8 Å². The first-order valence-electron chi connectivity index (χ1n) is 7.35. The number of hydrogen-bond acceptors (Lipinski definition) is 6. The van der Waals surface area contributed by atoms with Gasteiger partial charge in [0.15, 0.2) is 5.69 Å². The number of carbonyl (C=O) groups is 1. The summed E-state index contributed by atoms with van der Waals surface area (Å²) in [4.78, 5) is 14.7. The van der Waals surface area contributed by atoms with Crippen LogP contribution in [0.4, 0.5) is 5.82 Å². The summed E-state index contributed by atoms with van der Waals surface area (Å²) in [7, 11) is -3.40. The first-order valence-corrected chi connectivity index (χ1v) is 8.96. The van der Waals surface area contributed by atoms with E-state index in [1.54, 1.807) is 12.1 Å². The Hall–Kier alpha value is -1.71. The largest absolute Gasteiger partial charge is 0.477 e. The third-order valence-corrected chi connectivity index (χ3v) is 5.22. The molecule has 9 heteroatoms. The van der Waals surface area contributed by atoms with Crippen LogP contribution in [0.2, 0.25) is 0 Å². The van der Waals surface area contributed by atoms with Crippen LogP contribution in [0.3, 0.4) is 0 Å². The number of aromatic carboxylic acids is 1. The van der Waals surface area contributed by atoms with Gasteiger partial charge in [0.2, 0.25) is 10.0 Å². The molecular weight excluding hydrogens is 322 g/mol. The lowest BCUT2D eigenvalue weighted by Crippen LogP contribution is -2.49. The van der Waals surface area contributed by atoms with Gasteiger partial charge in [-0.05, 0) is 26.0 Å². The first kappa shape index (κ1) is 17.6. The quantitative estimate of drug-likeness (QED) is 0.780. The maximum atomic E-state index is 12.4. The average molecular weight is 343 g/mol. The zero-order chi connectivity index (χ0) is 17.0. The van der Waals surface area contributed by atoms with Crippen LogP contribution in [0.25, 0.3) is 0 Å². The fraction of sp³-hybridized carbons (Fsp3) is 0.571. The van der Waals surface area contributed by atoms with Gasteiger partial charge in [-0.15, -0.1) is 0 Å². The van der Waals surface area contributed by atoms with E-state index in [1.807, 2.05) is 13.8 Å². The molecule has 2 atom stereocenters. The van der Waals surface area contributed by atoms with Crippen LogP contribution in [0.5, 0.6) is 0 Å². The summed E-state index contributed by atoms with van der Waals surface area (Å²) >= 11 is 0. The van der Waals surface area contributed by atoms with Gasteiger partial charge in [-0.3, -0.25) is 0 Å². The van der Waals surface area contributed by atoms with Gasteiger partial charge in [-0.25, -0.2) is 18.2 Å². The number of aromatic nitrogens is 1. The Balaban J connectivity index is 1.92. The molecule has 1 aliphatic rings. The molecule has 1 saturated heterocycles. The molecule has 1 aromatic rings. The lowest BCUT2D eigenvalue weighted by molar-refractivity contribution is -0.0440. The van der Waals surface area contributed by atoms with Gasteiger partial charge in [0.05, 0.1) is 18.0 Å². The molecule has 1 aromatic heterocycles. The minimum absolute atomic E-state index is 0.0892. The molecule has 1 aliphatic heterocycles. The maximum absolute atomic E-state index is 12.4. The number of ether oxygens (including phenoxy) is 1. The second-order valence-electron chi connectivity index (χ2n) is 5.53. The van der Waals surface area contributed by atoms with E-state index in [-0.39, 0.29) is 30.2 Å². The number of morpholine rings is 1. The molecule has 128 valence electrons. The number of hydrogen-bond donors (Lipinski definition) is 2. The number of carboxylic acid groups (broad SMARTS) is 1. The molecule has 0 aliphatic carbocycles. The third-order valence-electron chi connectivity index (χ3n) is 3.41. The number of sulfonamides is 1. The van der Waals surface area contributed by atoms with Crippen molar-refractivity contribution in [3.05, 3.63) is 23.9 Å². The molecule has 0 aromatic carbocycles. The van der Waals surface area contributed by atoms with Gasteiger partial charge in [0.1, 0.15) is 5.82 Å². The maximum Gasteiger partial charge on any atom is 0.354 e. The molecule has 2 unspecified atom stereocenters. The van der Waals surface area contributed by atoms with Crippen LogP contribution >= 0.6 is 0 Å². The number of pyridine rings is 1. The normalized spacial score (nSPS) is 22.7. The standard InChI is InChI=1S/C14H21N3O5S/c1-10-8-17(9-11(2)22-10)23(20,21)7-6-15-13-5-3-4-12(16-13)14(18)19/h3-5,10-11H,6-9H2,1-2H3,(H,15,16)(H,18,19). The zero-order valence-electron chi connectivity index (χ0n) is 13.1. The molecule has 0 radical (unpaired) electrons. The zero-order valence-corrected chi connectivity index (χ0v) is 13.9. The van der Waals surface area contributed by atoms with Crippen molar-refractivity contribution in [1.82, 2.24) is 9.29 Å². The highest BCUT2D eigenvalue weighted by Gasteiger charge is 2.30. The predicted octanol–water partition coefficient (Wildman–Crippen LogP) is 0.631. The molecule has 0 spiro atoms. The van der Waals surface area contributed by atoms with Gasteiger partial charge >= 0.3 is 5.97 Å². The molecule has 0 saturated carbocycles. The smallest absolute Gasteiger partial charge is 0.354 e. The second kappa shape index (κ2) is 7.24. The molecule has 0 bridgehead atoms. The Morgan fingerprint density at radius 1 is 1.39 bits per heavy atom. The molecule has 1 fully saturated rings. The Bertz CT molecular complexity index is 654. The van der Waals surface area contributed by atoms with Crippen molar-refractivity contribution in [3.63, 3.8) is 0 Å². The van der Waals surface area contributed by atoms with Gasteiger partial charge in [0.25, 0.3) is 0 Å². The summed E-state index contributed by atoms with van der Waals surface area (Å²) in [6, 6.07) is 4.53. The van der Waals surface area contributed by atoms with Crippen LogP contribution in [0, 0.1) is 0 Å². The average Bonchev–Trinajstić information content (AvgIpc) is 2.46. The van der Waals surface area contributed by atoms with Crippen LogP contribution in [0.15, 0.2) is 18.2 Å². The monoisotopic (exact) mass is 343 g/mol. The predicted molar refractivity (Wildman–Crippen MR) is 85.1 cm³/mol. The van der Waals surface area contributed by atoms with Crippen LogP contribution in [0.1, 0.15) is 24.3 Å². The second-order valence-corrected chi connectivity index (χ2v) is 7.62. The number of anilines is 1. The van der Waals surface area contributed by atoms with E-state index in [1.165, 1.54) is 10.4 Å². The molecule has 2 rings (SSSR count). The summed E-state index contributed by atoms with van der Waals surface area (Å²) in [6.07, 6.45) is -0.259. The van der Waals surface area contributed by atoms with E-state index in [0.717, 1.165) is 0 Å². The van der Waals surface area contributed by atoms with E-state index in [4.69, 9.17) is 9.84 Å². The molecular formula is C14H21N3O5S. The van der Waals surface area contributed by atoms with Gasteiger partial charge < -0.3 is 15.2 Å². The SMILES string of the molecule is CC1CN(S(=O)(=O)CCNc2cccc(C(=O)O)n2)CC(C)O1. The van der Waals surface area contributed by atoms with Crippen LogP contribution in [-0.2, 0) is 14.8 Å². The number of nitrogens with zero attached hydrogens (tertiary/aromatic N) is 2. The highest BCUT2D eigenvalue weighted by Crippen LogP contribution is 2.15. The van der Waals surface area contributed by atoms with Crippen molar-refractivity contribution in [2.45, 2.75) is 26.1 Å². The summed E-state index contributed by atoms with van der Waals surface area (Å²) in [5.74, 6) is -0.882. The minimum atomic E-state index is -3.40. The summed E-state index contributed by atoms with van der Waals surface area (Å²) in [5.41, 5.74) is -0.0892. The Kier molecular flexibility index (Phi) is 5.55. The highest BCUT2D eigenvalue weighted by molar-refractivity contribution is 7.89. The van der Waals surface area contributed by atoms with Crippen molar-refractivity contribution in [1.29, 1.82) is 0 Å². The molecule has 2 heterocycles. The van der Waals surface area contributed by atoms with E-state index in [0.29, 0.717) is 18.9 Å².